The van der Waals surface area contributed by atoms with E-state index in [9.17, 15) is 9.59 Å². The summed E-state index contributed by atoms with van der Waals surface area (Å²) in [6, 6.07) is 4.19. The summed E-state index contributed by atoms with van der Waals surface area (Å²) in [5.41, 5.74) is 0.427. The third-order valence-corrected chi connectivity index (χ3v) is 2.97. The van der Waals surface area contributed by atoms with Gasteiger partial charge in [-0.25, -0.2) is 9.69 Å². The molecule has 0 aliphatic carbocycles. The maximum absolute atomic E-state index is 11.6. The van der Waals surface area contributed by atoms with Crippen LogP contribution in [-0.4, -0.2) is 18.5 Å². The zero-order valence-corrected chi connectivity index (χ0v) is 9.68. The molecule has 4 nitrogen and oxygen atoms in total. The first kappa shape index (κ1) is 11.2. The first-order chi connectivity index (χ1) is 7.59. The lowest BCUT2D eigenvalue weighted by atomic mass is 10.2. The minimum atomic E-state index is -0.436. The molecule has 0 bridgehead atoms. The van der Waals surface area contributed by atoms with Gasteiger partial charge in [-0.3, -0.25) is 4.79 Å². The second-order valence-corrected chi connectivity index (χ2v) is 4.12. The first-order valence-corrected chi connectivity index (χ1v) is 5.41. The van der Waals surface area contributed by atoms with E-state index in [4.69, 9.17) is 23.2 Å². The highest BCUT2D eigenvalue weighted by Gasteiger charge is 2.27. The summed E-state index contributed by atoms with van der Waals surface area (Å²) in [6.07, 6.45) is 0.284. The van der Waals surface area contributed by atoms with Gasteiger partial charge in [0.05, 0.1) is 15.7 Å². The predicted molar refractivity (Wildman–Crippen MR) is 62.0 cm³/mol. The Morgan fingerprint density at radius 3 is 2.56 bits per heavy atom. The van der Waals surface area contributed by atoms with E-state index >= 15 is 0 Å². The number of nitrogens with zero attached hydrogens (tertiary/aromatic N) is 1. The molecule has 84 valence electrons. The van der Waals surface area contributed by atoms with Crippen LogP contribution in [0.3, 0.4) is 0 Å². The molecule has 16 heavy (non-hydrogen) atoms. The van der Waals surface area contributed by atoms with Gasteiger partial charge in [-0.1, -0.05) is 23.2 Å². The maximum atomic E-state index is 11.6. The summed E-state index contributed by atoms with van der Waals surface area (Å²) < 4.78 is 0. The molecule has 1 N–H and O–H groups in total. The Morgan fingerprint density at radius 2 is 1.94 bits per heavy atom. The zero-order valence-electron chi connectivity index (χ0n) is 8.17. The summed E-state index contributed by atoms with van der Waals surface area (Å²) in [7, 11) is 0. The number of imide groups is 1. The Morgan fingerprint density at radius 1 is 1.19 bits per heavy atom. The monoisotopic (exact) mass is 258 g/mol. The highest BCUT2D eigenvalue weighted by atomic mass is 35.5. The molecular formula is C10H8Cl2N2O2. The van der Waals surface area contributed by atoms with Crippen LogP contribution in [0.15, 0.2) is 18.2 Å². The van der Waals surface area contributed by atoms with Gasteiger partial charge in [0.15, 0.2) is 0 Å². The van der Waals surface area contributed by atoms with Crippen molar-refractivity contribution in [3.63, 3.8) is 0 Å². The number of carbonyl (C=O) groups is 2. The minimum Gasteiger partial charge on any atom is -0.337 e. The topological polar surface area (TPSA) is 49.4 Å². The number of amides is 3. The number of carbonyl (C=O) groups excluding carboxylic acids is 2. The fourth-order valence-corrected chi connectivity index (χ4v) is 1.76. The highest BCUT2D eigenvalue weighted by molar-refractivity contribution is 6.42. The van der Waals surface area contributed by atoms with E-state index in [1.54, 1.807) is 12.1 Å². The molecule has 1 aromatic carbocycles. The lowest BCUT2D eigenvalue weighted by molar-refractivity contribution is -0.118. The molecule has 6 heteroatoms. The molecular weight excluding hydrogens is 251 g/mol. The van der Waals surface area contributed by atoms with Gasteiger partial charge in [-0.05, 0) is 18.2 Å². The van der Waals surface area contributed by atoms with Crippen LogP contribution in [0.25, 0.3) is 0 Å². The molecule has 1 saturated heterocycles. The highest BCUT2D eigenvalue weighted by Crippen LogP contribution is 2.28. The van der Waals surface area contributed by atoms with Gasteiger partial charge in [-0.2, -0.15) is 0 Å². The number of nitrogens with one attached hydrogen (secondary N) is 1. The first-order valence-electron chi connectivity index (χ1n) is 4.65. The Kier molecular flexibility index (Phi) is 3.03. The Hall–Kier alpha value is -1.26. The molecule has 0 atom stereocenters. The largest absolute Gasteiger partial charge is 0.337 e. The molecule has 0 saturated carbocycles. The van der Waals surface area contributed by atoms with Crippen LogP contribution in [0.5, 0.6) is 0 Å². The second-order valence-electron chi connectivity index (χ2n) is 3.31. The predicted octanol–water partition coefficient (Wildman–Crippen LogP) is 2.44. The summed E-state index contributed by atoms with van der Waals surface area (Å²) in [6.45, 7) is 0.371. The Bertz CT molecular complexity index is 446. The van der Waals surface area contributed by atoms with E-state index < -0.39 is 6.03 Å². The van der Waals surface area contributed by atoms with Gasteiger partial charge in [0.1, 0.15) is 0 Å². The molecule has 2 rings (SSSR count). The average Bonchev–Trinajstić information content (AvgIpc) is 2.23. The number of hydrogen-bond acceptors (Lipinski definition) is 2. The third-order valence-electron chi connectivity index (χ3n) is 2.23. The molecule has 1 aliphatic rings. The number of hydrogen-bond donors (Lipinski definition) is 1. The molecule has 1 aromatic rings. The van der Waals surface area contributed by atoms with Gasteiger partial charge in [0.25, 0.3) is 0 Å². The van der Waals surface area contributed by atoms with Crippen LogP contribution < -0.4 is 10.2 Å². The van der Waals surface area contributed by atoms with Crippen molar-refractivity contribution in [3.05, 3.63) is 28.2 Å². The third kappa shape index (κ3) is 1.99. The van der Waals surface area contributed by atoms with E-state index in [0.29, 0.717) is 22.3 Å². The van der Waals surface area contributed by atoms with E-state index in [2.05, 4.69) is 5.32 Å². The lowest BCUT2D eigenvalue weighted by Crippen LogP contribution is -2.50. The number of halogens is 2. The fraction of sp³-hybridized carbons (Fsp3) is 0.200. The van der Waals surface area contributed by atoms with Crippen molar-refractivity contribution in [1.82, 2.24) is 5.32 Å². The zero-order chi connectivity index (χ0) is 11.7. The summed E-state index contributed by atoms with van der Waals surface area (Å²) in [5, 5.41) is 3.28. The maximum Gasteiger partial charge on any atom is 0.328 e. The minimum absolute atomic E-state index is 0.248. The number of anilines is 1. The van der Waals surface area contributed by atoms with Crippen LogP contribution in [0.4, 0.5) is 10.5 Å². The lowest BCUT2D eigenvalue weighted by Gasteiger charge is -2.25. The SMILES string of the molecule is O=C1CCNC(=O)N1c1ccc(Cl)c(Cl)c1. The van der Waals surface area contributed by atoms with E-state index in [0.717, 1.165) is 4.90 Å². The van der Waals surface area contributed by atoms with E-state index in [1.807, 2.05) is 0 Å². The van der Waals surface area contributed by atoms with Gasteiger partial charge < -0.3 is 5.32 Å². The summed E-state index contributed by atoms with van der Waals surface area (Å²) >= 11 is 11.6. The van der Waals surface area contributed by atoms with Crippen molar-refractivity contribution < 1.29 is 9.59 Å². The Labute approximate surface area is 102 Å². The van der Waals surface area contributed by atoms with E-state index in [1.165, 1.54) is 6.07 Å². The van der Waals surface area contributed by atoms with Gasteiger partial charge >= 0.3 is 6.03 Å². The molecule has 0 radical (unpaired) electrons. The Balaban J connectivity index is 2.38. The average molecular weight is 259 g/mol. The van der Waals surface area contributed by atoms with Crippen LogP contribution in [0, 0.1) is 0 Å². The molecule has 1 heterocycles. The van der Waals surface area contributed by atoms with Gasteiger partial charge in [0, 0.05) is 13.0 Å². The van der Waals surface area contributed by atoms with Crippen molar-refractivity contribution >= 4 is 40.8 Å². The van der Waals surface area contributed by atoms with Crippen molar-refractivity contribution in [2.24, 2.45) is 0 Å². The molecule has 0 spiro atoms. The van der Waals surface area contributed by atoms with Crippen molar-refractivity contribution in [3.8, 4) is 0 Å². The standard InChI is InChI=1S/C10H8Cl2N2O2/c11-7-2-1-6(5-8(7)12)14-9(15)3-4-13-10(14)16/h1-2,5H,3-4H2,(H,13,16). The quantitative estimate of drug-likeness (QED) is 0.842. The van der Waals surface area contributed by atoms with Crippen molar-refractivity contribution in [2.75, 3.05) is 11.4 Å². The van der Waals surface area contributed by atoms with Crippen molar-refractivity contribution in [1.29, 1.82) is 0 Å². The fourth-order valence-electron chi connectivity index (χ4n) is 1.47. The van der Waals surface area contributed by atoms with Crippen LogP contribution >= 0.6 is 23.2 Å². The van der Waals surface area contributed by atoms with Crippen LogP contribution in [0.1, 0.15) is 6.42 Å². The summed E-state index contributed by atoms with van der Waals surface area (Å²) in [4.78, 5) is 24.2. The van der Waals surface area contributed by atoms with E-state index in [-0.39, 0.29) is 12.3 Å². The van der Waals surface area contributed by atoms with Gasteiger partial charge in [-0.15, -0.1) is 0 Å². The number of urea groups is 1. The molecule has 0 aromatic heterocycles. The van der Waals surface area contributed by atoms with Crippen LogP contribution in [0.2, 0.25) is 10.0 Å². The van der Waals surface area contributed by atoms with Crippen LogP contribution in [-0.2, 0) is 4.79 Å². The normalized spacial score (nSPS) is 16.2. The molecule has 1 fully saturated rings. The summed E-state index contributed by atoms with van der Waals surface area (Å²) in [5.74, 6) is -0.248. The number of rotatable bonds is 1. The molecule has 1 aliphatic heterocycles. The van der Waals surface area contributed by atoms with Crippen molar-refractivity contribution in [2.45, 2.75) is 6.42 Å². The smallest absolute Gasteiger partial charge is 0.328 e. The second kappa shape index (κ2) is 4.31. The van der Waals surface area contributed by atoms with Gasteiger partial charge in [0.2, 0.25) is 5.91 Å². The number of benzene rings is 1. The molecule has 3 amide bonds. The molecule has 0 unspecified atom stereocenters.